The van der Waals surface area contributed by atoms with Crippen LogP contribution in [0.4, 0.5) is 4.39 Å². The quantitative estimate of drug-likeness (QED) is 0.833. The summed E-state index contributed by atoms with van der Waals surface area (Å²) >= 11 is 0. The van der Waals surface area contributed by atoms with Gasteiger partial charge in [-0.15, -0.1) is 0 Å². The number of rotatable bonds is 6. The van der Waals surface area contributed by atoms with Gasteiger partial charge < -0.3 is 5.32 Å². The maximum atomic E-state index is 13.9. The number of nitrogens with one attached hydrogen (secondary N) is 1. The minimum absolute atomic E-state index is 0.0568. The van der Waals surface area contributed by atoms with Gasteiger partial charge in [0.1, 0.15) is 5.82 Å². The maximum Gasteiger partial charge on any atom is 0.230 e. The van der Waals surface area contributed by atoms with E-state index in [0.29, 0.717) is 12.1 Å². The van der Waals surface area contributed by atoms with Crippen LogP contribution in [0.25, 0.3) is 0 Å². The van der Waals surface area contributed by atoms with Gasteiger partial charge in [-0.3, -0.25) is 9.78 Å². The fourth-order valence-corrected chi connectivity index (χ4v) is 2.78. The highest BCUT2D eigenvalue weighted by Crippen LogP contribution is 2.49. The number of aromatic nitrogens is 1. The van der Waals surface area contributed by atoms with Crippen molar-refractivity contribution in [2.24, 2.45) is 0 Å². The monoisotopic (exact) mass is 298 g/mol. The summed E-state index contributed by atoms with van der Waals surface area (Å²) in [5.41, 5.74) is 0.903. The van der Waals surface area contributed by atoms with Gasteiger partial charge >= 0.3 is 0 Å². The molecule has 2 aromatic rings. The van der Waals surface area contributed by atoms with Crippen LogP contribution >= 0.6 is 0 Å². The van der Waals surface area contributed by atoms with Gasteiger partial charge in [0.25, 0.3) is 0 Å². The Kier molecular flexibility index (Phi) is 4.18. The Morgan fingerprint density at radius 1 is 1.18 bits per heavy atom. The topological polar surface area (TPSA) is 42.0 Å². The summed E-state index contributed by atoms with van der Waals surface area (Å²) in [5, 5.41) is 2.95. The third-order valence-corrected chi connectivity index (χ3v) is 4.20. The van der Waals surface area contributed by atoms with Crippen molar-refractivity contribution in [1.82, 2.24) is 10.3 Å². The molecule has 3 rings (SSSR count). The van der Waals surface area contributed by atoms with E-state index in [1.807, 2.05) is 18.2 Å². The molecule has 0 atom stereocenters. The van der Waals surface area contributed by atoms with E-state index in [-0.39, 0.29) is 11.7 Å². The molecule has 1 heterocycles. The minimum Gasteiger partial charge on any atom is -0.355 e. The van der Waals surface area contributed by atoms with Gasteiger partial charge in [0, 0.05) is 24.0 Å². The normalized spacial score (nSPS) is 15.3. The average molecular weight is 298 g/mol. The third kappa shape index (κ3) is 3.01. The van der Waals surface area contributed by atoms with Crippen LogP contribution in [0.1, 0.15) is 30.5 Å². The Hall–Kier alpha value is -2.23. The first-order valence-corrected chi connectivity index (χ1v) is 7.66. The van der Waals surface area contributed by atoms with Crippen LogP contribution in [0.2, 0.25) is 0 Å². The zero-order valence-corrected chi connectivity index (χ0v) is 12.4. The number of amides is 1. The van der Waals surface area contributed by atoms with Crippen molar-refractivity contribution in [3.63, 3.8) is 0 Å². The van der Waals surface area contributed by atoms with E-state index in [1.54, 1.807) is 24.4 Å². The molecule has 1 fully saturated rings. The van der Waals surface area contributed by atoms with E-state index >= 15 is 0 Å². The molecule has 0 aliphatic heterocycles. The van der Waals surface area contributed by atoms with Crippen LogP contribution < -0.4 is 5.32 Å². The van der Waals surface area contributed by atoms with Crippen LogP contribution in [-0.2, 0) is 16.6 Å². The second-order valence-electron chi connectivity index (χ2n) is 5.74. The second kappa shape index (κ2) is 6.26. The summed E-state index contributed by atoms with van der Waals surface area (Å²) in [6.45, 7) is 0.589. The zero-order chi connectivity index (χ0) is 15.4. The van der Waals surface area contributed by atoms with E-state index in [9.17, 15) is 9.18 Å². The summed E-state index contributed by atoms with van der Waals surface area (Å²) in [7, 11) is 0. The Morgan fingerprint density at radius 2 is 1.95 bits per heavy atom. The average Bonchev–Trinajstić information content (AvgIpc) is 3.34. The third-order valence-electron chi connectivity index (χ3n) is 4.20. The molecule has 22 heavy (non-hydrogen) atoms. The maximum absolute atomic E-state index is 13.9. The van der Waals surface area contributed by atoms with E-state index < -0.39 is 5.41 Å². The molecular weight excluding hydrogens is 279 g/mol. The zero-order valence-electron chi connectivity index (χ0n) is 12.4. The van der Waals surface area contributed by atoms with Crippen LogP contribution in [0.15, 0.2) is 48.7 Å². The molecule has 3 nitrogen and oxygen atoms in total. The fourth-order valence-electron chi connectivity index (χ4n) is 2.78. The van der Waals surface area contributed by atoms with Crippen LogP contribution in [0.3, 0.4) is 0 Å². The number of carbonyl (C=O) groups is 1. The van der Waals surface area contributed by atoms with Crippen molar-refractivity contribution in [2.45, 2.75) is 31.1 Å². The smallest absolute Gasteiger partial charge is 0.230 e. The Morgan fingerprint density at radius 3 is 2.64 bits per heavy atom. The van der Waals surface area contributed by atoms with E-state index in [2.05, 4.69) is 10.3 Å². The van der Waals surface area contributed by atoms with Crippen LogP contribution in [0, 0.1) is 5.82 Å². The first-order chi connectivity index (χ1) is 10.7. The minimum atomic E-state index is -0.643. The van der Waals surface area contributed by atoms with Gasteiger partial charge in [-0.05, 0) is 43.9 Å². The van der Waals surface area contributed by atoms with Gasteiger partial charge in [0.05, 0.1) is 5.41 Å². The fraction of sp³-hybridized carbons (Fsp3) is 0.333. The number of halogens is 1. The van der Waals surface area contributed by atoms with Gasteiger partial charge in [0.15, 0.2) is 0 Å². The summed E-state index contributed by atoms with van der Waals surface area (Å²) < 4.78 is 13.9. The Balaban J connectivity index is 1.53. The first kappa shape index (κ1) is 14.7. The first-order valence-electron chi connectivity index (χ1n) is 7.66. The van der Waals surface area contributed by atoms with Crippen LogP contribution in [-0.4, -0.2) is 17.4 Å². The van der Waals surface area contributed by atoms with Crippen molar-refractivity contribution in [2.75, 3.05) is 6.54 Å². The van der Waals surface area contributed by atoms with Gasteiger partial charge in [-0.25, -0.2) is 4.39 Å². The molecular formula is C18H19FN2O. The van der Waals surface area contributed by atoms with Crippen LogP contribution in [0.5, 0.6) is 0 Å². The lowest BCUT2D eigenvalue weighted by atomic mass is 9.94. The Labute approximate surface area is 129 Å². The number of benzene rings is 1. The summed E-state index contributed by atoms with van der Waals surface area (Å²) in [5.74, 6) is -0.345. The van der Waals surface area contributed by atoms with Gasteiger partial charge in [-0.1, -0.05) is 24.3 Å². The molecule has 1 aliphatic carbocycles. The summed E-state index contributed by atoms with van der Waals surface area (Å²) in [6.07, 6.45) is 4.87. The van der Waals surface area contributed by atoms with Gasteiger partial charge in [-0.2, -0.15) is 0 Å². The lowest BCUT2D eigenvalue weighted by Gasteiger charge is -2.16. The molecule has 1 amide bonds. The molecule has 1 aromatic heterocycles. The molecule has 0 radical (unpaired) electrons. The molecule has 1 saturated carbocycles. The highest BCUT2D eigenvalue weighted by Gasteiger charge is 2.52. The lowest BCUT2D eigenvalue weighted by molar-refractivity contribution is -0.123. The number of hydrogen-bond acceptors (Lipinski definition) is 2. The number of aryl methyl sites for hydroxylation is 1. The highest BCUT2D eigenvalue weighted by atomic mass is 19.1. The number of hydrogen-bond donors (Lipinski definition) is 1. The number of carbonyl (C=O) groups excluding carboxylic acids is 1. The van der Waals surface area contributed by atoms with Crippen molar-refractivity contribution in [1.29, 1.82) is 0 Å². The summed E-state index contributed by atoms with van der Waals surface area (Å²) in [6, 6.07) is 12.4. The van der Waals surface area contributed by atoms with E-state index in [4.69, 9.17) is 0 Å². The Bertz CT molecular complexity index is 653. The molecule has 0 spiro atoms. The molecule has 1 aromatic carbocycles. The van der Waals surface area contributed by atoms with E-state index in [0.717, 1.165) is 31.4 Å². The van der Waals surface area contributed by atoms with E-state index in [1.165, 1.54) is 6.07 Å². The standard InChI is InChI=1S/C18H19FN2O/c19-16-9-2-1-8-15(16)18(10-11-18)17(22)21-13-5-7-14-6-3-4-12-20-14/h1-4,6,8-9,12H,5,7,10-11,13H2,(H,21,22). The highest BCUT2D eigenvalue weighted by molar-refractivity contribution is 5.91. The molecule has 1 N–H and O–H groups in total. The molecule has 0 bridgehead atoms. The summed E-state index contributed by atoms with van der Waals surface area (Å²) in [4.78, 5) is 16.7. The molecule has 1 aliphatic rings. The lowest BCUT2D eigenvalue weighted by Crippen LogP contribution is -2.36. The van der Waals surface area contributed by atoms with Crippen molar-refractivity contribution in [3.8, 4) is 0 Å². The molecule has 0 saturated heterocycles. The predicted molar refractivity (Wildman–Crippen MR) is 82.9 cm³/mol. The van der Waals surface area contributed by atoms with Crippen molar-refractivity contribution >= 4 is 5.91 Å². The van der Waals surface area contributed by atoms with Crippen molar-refractivity contribution < 1.29 is 9.18 Å². The van der Waals surface area contributed by atoms with Gasteiger partial charge in [0.2, 0.25) is 5.91 Å². The molecule has 4 heteroatoms. The number of pyridine rings is 1. The predicted octanol–water partition coefficient (Wildman–Crippen LogP) is 3.00. The molecule has 114 valence electrons. The largest absolute Gasteiger partial charge is 0.355 e. The molecule has 0 unspecified atom stereocenters. The number of nitrogens with zero attached hydrogens (tertiary/aromatic N) is 1. The SMILES string of the molecule is O=C(NCCCc1ccccn1)C1(c2ccccc2F)CC1. The second-order valence-corrected chi connectivity index (χ2v) is 5.74. The van der Waals surface area contributed by atoms with Crippen molar-refractivity contribution in [3.05, 3.63) is 65.7 Å².